The van der Waals surface area contributed by atoms with Crippen LogP contribution in [0.4, 0.5) is 0 Å². The van der Waals surface area contributed by atoms with Crippen molar-refractivity contribution in [2.24, 2.45) is 0 Å². The third-order valence-electron chi connectivity index (χ3n) is 3.55. The highest BCUT2D eigenvalue weighted by Crippen LogP contribution is 2.25. The second kappa shape index (κ2) is 4.28. The van der Waals surface area contributed by atoms with Crippen LogP contribution in [0.2, 0.25) is 0 Å². The van der Waals surface area contributed by atoms with Crippen molar-refractivity contribution in [2.75, 3.05) is 13.1 Å². The Kier molecular flexibility index (Phi) is 3.05. The minimum Gasteiger partial charge on any atom is -0.297 e. The fraction of sp³-hybridized carbons (Fsp3) is 0.833. The molecule has 2 aliphatic rings. The van der Waals surface area contributed by atoms with E-state index in [1.165, 1.54) is 51.6 Å². The van der Waals surface area contributed by atoms with Crippen molar-refractivity contribution < 1.29 is 0 Å². The van der Waals surface area contributed by atoms with Gasteiger partial charge in [-0.25, -0.2) is 0 Å². The summed E-state index contributed by atoms with van der Waals surface area (Å²) in [5.41, 5.74) is 1.72. The molecule has 0 amide bonds. The zero-order chi connectivity index (χ0) is 9.10. The van der Waals surface area contributed by atoms with Crippen molar-refractivity contribution in [1.29, 1.82) is 0 Å². The smallest absolute Gasteiger partial charge is 0.0279 e. The zero-order valence-electron chi connectivity index (χ0n) is 8.76. The summed E-state index contributed by atoms with van der Waals surface area (Å²) in [6, 6.07) is 0.739. The fourth-order valence-corrected chi connectivity index (χ4v) is 2.61. The van der Waals surface area contributed by atoms with Gasteiger partial charge in [0.25, 0.3) is 0 Å². The average molecular weight is 179 g/mol. The van der Waals surface area contributed by atoms with Crippen LogP contribution in [0.1, 0.15) is 45.4 Å². The van der Waals surface area contributed by atoms with E-state index in [4.69, 9.17) is 0 Å². The molecule has 0 saturated carbocycles. The van der Waals surface area contributed by atoms with Gasteiger partial charge >= 0.3 is 0 Å². The molecule has 1 aliphatic heterocycles. The zero-order valence-corrected chi connectivity index (χ0v) is 8.76. The lowest BCUT2D eigenvalue weighted by molar-refractivity contribution is 0.282. The molecule has 0 N–H and O–H groups in total. The highest BCUT2D eigenvalue weighted by atomic mass is 15.2. The molecule has 13 heavy (non-hydrogen) atoms. The minimum absolute atomic E-state index is 0.739. The summed E-state index contributed by atoms with van der Waals surface area (Å²) in [7, 11) is 0. The average Bonchev–Trinajstić information content (AvgIpc) is 2.71. The Morgan fingerprint density at radius 1 is 1.15 bits per heavy atom. The van der Waals surface area contributed by atoms with Crippen LogP contribution >= 0.6 is 0 Å². The molecule has 0 aromatic heterocycles. The Morgan fingerprint density at radius 2 is 1.92 bits per heavy atom. The second-order valence-electron chi connectivity index (χ2n) is 4.44. The highest BCUT2D eigenvalue weighted by molar-refractivity contribution is 5.12. The molecule has 1 atom stereocenters. The lowest BCUT2D eigenvalue weighted by atomic mass is 9.94. The highest BCUT2D eigenvalue weighted by Gasteiger charge is 2.21. The number of hydrogen-bond acceptors (Lipinski definition) is 1. The monoisotopic (exact) mass is 179 g/mol. The van der Waals surface area contributed by atoms with Crippen molar-refractivity contribution in [3.8, 4) is 0 Å². The van der Waals surface area contributed by atoms with E-state index < -0.39 is 0 Å². The maximum Gasteiger partial charge on any atom is 0.0279 e. The van der Waals surface area contributed by atoms with Gasteiger partial charge in [-0.15, -0.1) is 0 Å². The van der Waals surface area contributed by atoms with Crippen LogP contribution in [0.25, 0.3) is 0 Å². The predicted octanol–water partition coefficient (Wildman–Crippen LogP) is 2.97. The lowest BCUT2D eigenvalue weighted by Crippen LogP contribution is -2.32. The summed E-state index contributed by atoms with van der Waals surface area (Å²) in [6.45, 7) is 5.06. The molecule has 1 aliphatic carbocycles. The van der Waals surface area contributed by atoms with E-state index in [1.807, 2.05) is 0 Å². The molecule has 1 nitrogen and oxygen atoms in total. The number of rotatable bonds is 2. The molecule has 1 unspecified atom stereocenters. The Balaban J connectivity index is 1.94. The fourth-order valence-electron chi connectivity index (χ4n) is 2.61. The Morgan fingerprint density at radius 3 is 2.54 bits per heavy atom. The van der Waals surface area contributed by atoms with Gasteiger partial charge in [0.1, 0.15) is 0 Å². The maximum atomic E-state index is 2.65. The van der Waals surface area contributed by atoms with Crippen molar-refractivity contribution in [1.82, 2.24) is 4.90 Å². The summed E-state index contributed by atoms with van der Waals surface area (Å²) in [4.78, 5) is 2.65. The Labute approximate surface area is 81.8 Å². The first-order chi connectivity index (χ1) is 6.38. The Hall–Kier alpha value is -0.300. The third kappa shape index (κ3) is 2.14. The van der Waals surface area contributed by atoms with Gasteiger partial charge in [-0.2, -0.15) is 0 Å². The van der Waals surface area contributed by atoms with Crippen molar-refractivity contribution in [2.45, 2.75) is 51.5 Å². The van der Waals surface area contributed by atoms with Crippen molar-refractivity contribution in [3.05, 3.63) is 11.6 Å². The van der Waals surface area contributed by atoms with Gasteiger partial charge in [-0.1, -0.05) is 11.6 Å². The predicted molar refractivity (Wildman–Crippen MR) is 56.8 cm³/mol. The van der Waals surface area contributed by atoms with Crippen molar-refractivity contribution >= 4 is 0 Å². The molecule has 0 spiro atoms. The van der Waals surface area contributed by atoms with Crippen LogP contribution in [-0.4, -0.2) is 24.0 Å². The van der Waals surface area contributed by atoms with Gasteiger partial charge in [0.2, 0.25) is 0 Å². The topological polar surface area (TPSA) is 3.24 Å². The number of likely N-dealkylation sites (tertiary alicyclic amines) is 1. The van der Waals surface area contributed by atoms with Crippen LogP contribution in [0.15, 0.2) is 11.6 Å². The van der Waals surface area contributed by atoms with Crippen LogP contribution in [0.3, 0.4) is 0 Å². The molecular weight excluding hydrogens is 158 g/mol. The van der Waals surface area contributed by atoms with Crippen LogP contribution in [-0.2, 0) is 0 Å². The standard InChI is InChI=1S/C12H21N/c1-11(13-9-5-6-10-13)12-7-3-2-4-8-12/h7,11H,2-6,8-10H2,1H3. The molecule has 0 radical (unpaired) electrons. The molecule has 0 aromatic rings. The molecule has 74 valence electrons. The van der Waals surface area contributed by atoms with Gasteiger partial charge in [0, 0.05) is 6.04 Å². The largest absolute Gasteiger partial charge is 0.297 e. The Bertz CT molecular complexity index is 189. The molecule has 1 saturated heterocycles. The molecule has 0 bridgehead atoms. The molecule has 1 fully saturated rings. The van der Waals surface area contributed by atoms with Crippen molar-refractivity contribution in [3.63, 3.8) is 0 Å². The molecule has 0 aromatic carbocycles. The van der Waals surface area contributed by atoms with Gasteiger partial charge < -0.3 is 0 Å². The van der Waals surface area contributed by atoms with E-state index in [9.17, 15) is 0 Å². The van der Waals surface area contributed by atoms with Crippen LogP contribution in [0, 0.1) is 0 Å². The van der Waals surface area contributed by atoms with Gasteiger partial charge in [0.05, 0.1) is 0 Å². The number of allylic oxidation sites excluding steroid dienone is 1. The molecule has 1 heterocycles. The summed E-state index contributed by atoms with van der Waals surface area (Å²) in [5.74, 6) is 0. The van der Waals surface area contributed by atoms with Crippen LogP contribution < -0.4 is 0 Å². The van der Waals surface area contributed by atoms with Gasteiger partial charge in [0.15, 0.2) is 0 Å². The number of nitrogens with zero attached hydrogens (tertiary/aromatic N) is 1. The normalized spacial score (nSPS) is 27.3. The van der Waals surface area contributed by atoms with E-state index in [0.717, 1.165) is 6.04 Å². The lowest BCUT2D eigenvalue weighted by Gasteiger charge is -2.28. The van der Waals surface area contributed by atoms with E-state index in [2.05, 4.69) is 17.9 Å². The minimum atomic E-state index is 0.739. The molecular formula is C12H21N. The van der Waals surface area contributed by atoms with Gasteiger partial charge in [-0.3, -0.25) is 4.90 Å². The summed E-state index contributed by atoms with van der Waals surface area (Å²) in [5, 5.41) is 0. The summed E-state index contributed by atoms with van der Waals surface area (Å²) in [6.07, 6.45) is 10.8. The van der Waals surface area contributed by atoms with E-state index in [-0.39, 0.29) is 0 Å². The summed E-state index contributed by atoms with van der Waals surface area (Å²) < 4.78 is 0. The SMILES string of the molecule is CC(C1=CCCCC1)N1CCCC1. The quantitative estimate of drug-likeness (QED) is 0.589. The second-order valence-corrected chi connectivity index (χ2v) is 4.44. The molecule has 2 rings (SSSR count). The first-order valence-corrected chi connectivity index (χ1v) is 5.81. The first-order valence-electron chi connectivity index (χ1n) is 5.81. The maximum absolute atomic E-state index is 2.65. The number of hydrogen-bond donors (Lipinski definition) is 0. The van der Waals surface area contributed by atoms with Crippen LogP contribution in [0.5, 0.6) is 0 Å². The van der Waals surface area contributed by atoms with Gasteiger partial charge in [-0.05, 0) is 58.5 Å². The third-order valence-corrected chi connectivity index (χ3v) is 3.55. The summed E-state index contributed by atoms with van der Waals surface area (Å²) >= 11 is 0. The first kappa shape index (κ1) is 9.26. The van der Waals surface area contributed by atoms with E-state index in [1.54, 1.807) is 5.57 Å². The molecule has 1 heteroatoms. The van der Waals surface area contributed by atoms with E-state index >= 15 is 0 Å². The van der Waals surface area contributed by atoms with E-state index in [0.29, 0.717) is 0 Å².